The lowest BCUT2D eigenvalue weighted by Gasteiger charge is -2.31. The third-order valence-corrected chi connectivity index (χ3v) is 5.19. The number of aryl methyl sites for hydroxylation is 3. The summed E-state index contributed by atoms with van der Waals surface area (Å²) in [4.78, 5) is 13.1. The van der Waals surface area contributed by atoms with E-state index in [0.29, 0.717) is 13.2 Å². The largest absolute Gasteiger partial charge is 0.466 e. The van der Waals surface area contributed by atoms with Crippen molar-refractivity contribution in [2.75, 3.05) is 13.7 Å². The Morgan fingerprint density at radius 3 is 1.65 bits per heavy atom. The van der Waals surface area contributed by atoms with Crippen molar-refractivity contribution in [2.45, 2.75) is 32.9 Å². The van der Waals surface area contributed by atoms with Gasteiger partial charge in [-0.25, -0.2) is 23.4 Å². The van der Waals surface area contributed by atoms with Crippen LogP contribution in [-0.4, -0.2) is 19.7 Å². The molecule has 3 aromatic rings. The number of halogens is 1. The van der Waals surface area contributed by atoms with Gasteiger partial charge in [0.2, 0.25) is 5.60 Å². The number of carbonyl (C=O) groups excluding carboxylic acids is 1. The Hall–Kier alpha value is -2.85. The average Bonchev–Trinajstić information content (AvgIpc) is 2.78. The maximum atomic E-state index is 13.1. The molecule has 1 heterocycles. The second-order valence-electron chi connectivity index (χ2n) is 7.60. The zero-order valence-electron chi connectivity index (χ0n) is 19.5. The molecule has 0 radical (unpaired) electrons. The summed E-state index contributed by atoms with van der Waals surface area (Å²) in [7, 11) is -3.55. The highest BCUT2D eigenvalue weighted by Crippen LogP contribution is 2.35. The van der Waals surface area contributed by atoms with E-state index in [-0.39, 0.29) is 0 Å². The maximum Gasteiger partial charge on any atom is 0.347 e. The number of hydrogen-bond acceptors (Lipinski definition) is 7. The van der Waals surface area contributed by atoms with Crippen LogP contribution in [0.25, 0.3) is 0 Å². The number of pyridine rings is 1. The molecule has 0 aliphatic carbocycles. The van der Waals surface area contributed by atoms with E-state index < -0.39 is 21.8 Å². The quantitative estimate of drug-likeness (QED) is 0.316. The number of rotatable bonds is 7. The molecule has 0 N–H and O–H groups in total. The van der Waals surface area contributed by atoms with Crippen molar-refractivity contribution in [3.63, 3.8) is 0 Å². The molecule has 0 amide bonds. The molecule has 9 heteroatoms. The zero-order valence-corrected chi connectivity index (χ0v) is 20.3. The van der Waals surface area contributed by atoms with Gasteiger partial charge in [-0.05, 0) is 23.6 Å². The minimum absolute atomic E-state index is 0.355. The van der Waals surface area contributed by atoms with Crippen molar-refractivity contribution < 1.29 is 47.7 Å². The number of benzene rings is 2. The van der Waals surface area contributed by atoms with E-state index in [1.54, 1.807) is 0 Å². The lowest BCUT2D eigenvalue weighted by atomic mass is 9.86. The summed E-state index contributed by atoms with van der Waals surface area (Å²) >= 11 is 0. The van der Waals surface area contributed by atoms with Gasteiger partial charge in [0, 0.05) is 26.0 Å². The van der Waals surface area contributed by atoms with Gasteiger partial charge in [0.25, 0.3) is 0 Å². The van der Waals surface area contributed by atoms with E-state index in [4.69, 9.17) is 28.1 Å². The molecule has 0 saturated heterocycles. The molecule has 0 unspecified atom stereocenters. The topological polar surface area (TPSA) is 132 Å². The second-order valence-corrected chi connectivity index (χ2v) is 8.35. The van der Waals surface area contributed by atoms with Crippen LogP contribution in [0.4, 0.5) is 0 Å². The van der Waals surface area contributed by atoms with Crippen molar-refractivity contribution in [2.24, 2.45) is 0 Å². The van der Waals surface area contributed by atoms with Crippen molar-refractivity contribution >= 4 is 5.97 Å². The van der Waals surface area contributed by atoms with Crippen molar-refractivity contribution in [3.8, 4) is 0 Å². The zero-order chi connectivity index (χ0) is 25.4. The predicted molar refractivity (Wildman–Crippen MR) is 112 cm³/mol. The summed E-state index contributed by atoms with van der Waals surface area (Å²) in [6.45, 7) is 7.25. The first-order valence-corrected chi connectivity index (χ1v) is 11.7. The van der Waals surface area contributed by atoms with E-state index in [9.17, 15) is 4.79 Å². The maximum absolute atomic E-state index is 13.1. The molecule has 0 bridgehead atoms. The van der Waals surface area contributed by atoms with Crippen LogP contribution in [0, 0.1) is 31.0 Å². The van der Waals surface area contributed by atoms with Crippen LogP contribution in [0.15, 0.2) is 72.8 Å². The minimum atomic E-state index is -4.94. The van der Waals surface area contributed by atoms with Gasteiger partial charge >= 0.3 is 5.97 Å². The van der Waals surface area contributed by atoms with Crippen LogP contribution in [0.1, 0.15) is 28.1 Å². The number of carbonyl (C=O) groups is 1. The van der Waals surface area contributed by atoms with E-state index in [1.165, 1.54) is 12.7 Å². The Labute approximate surface area is 201 Å². The van der Waals surface area contributed by atoms with Crippen LogP contribution in [-0.2, 0) is 26.4 Å². The fraction of sp³-hybridized carbons (Fsp3) is 0.280. The Morgan fingerprint density at radius 2 is 1.26 bits per heavy atom. The van der Waals surface area contributed by atoms with Gasteiger partial charge in [-0.1, -0.05) is 60.7 Å². The number of nitrogens with zero attached hydrogens (tertiary/aromatic N) is 1. The Balaban J connectivity index is 0.000000739. The lowest BCUT2D eigenvalue weighted by Crippen LogP contribution is -2.68. The monoisotopic (exact) mass is 489 g/mol. The molecule has 1 aromatic heterocycles. The highest BCUT2D eigenvalue weighted by molar-refractivity contribution is 5.85. The smallest absolute Gasteiger partial charge is 0.347 e. The van der Waals surface area contributed by atoms with Gasteiger partial charge < -0.3 is 9.47 Å². The lowest BCUT2D eigenvalue weighted by molar-refractivity contribution is -2.00. The van der Waals surface area contributed by atoms with E-state index in [2.05, 4.69) is 37.5 Å². The molecule has 0 spiro atoms. The van der Waals surface area contributed by atoms with E-state index >= 15 is 0 Å². The number of esters is 1. The number of methoxy groups -OCH3 is 1. The number of aromatic nitrogens is 1. The average molecular weight is 490 g/mol. The third-order valence-electron chi connectivity index (χ3n) is 5.19. The molecular formula is C25H28ClNO7. The molecule has 34 heavy (non-hydrogen) atoms. The van der Waals surface area contributed by atoms with Gasteiger partial charge in [-0.3, -0.25) is 0 Å². The second kappa shape index (κ2) is 12.0. The highest BCUT2D eigenvalue weighted by Gasteiger charge is 2.45. The normalized spacial score (nSPS) is 11.4. The third kappa shape index (κ3) is 7.33. The summed E-state index contributed by atoms with van der Waals surface area (Å²) in [5.74, 6) is -0.433. The standard InChI is InChI=1S/C25H28NO3.ClHO4/c1-19-17-20(2)26(21(3)18-19)15-16-29-25(24(27)28-4,22-11-7-5-8-12-22)23-13-9-6-10-14-23;2-1(3,4)5/h5-14,17-18H,15-16H2,1-4H3;(H,2,3,4,5)/q+1;/p-1. The summed E-state index contributed by atoms with van der Waals surface area (Å²) in [6, 6.07) is 23.4. The Bertz CT molecular complexity index is 1000. The van der Waals surface area contributed by atoms with Gasteiger partial charge in [0.05, 0.1) is 7.11 Å². The SMILES string of the molecule is COC(=O)C(OCC[n+]1c(C)cc(C)cc1C)(c1ccccc1)c1ccccc1.[O-][Cl+3]([O-])([O-])[O-]. The summed E-state index contributed by atoms with van der Waals surface area (Å²) in [6.07, 6.45) is 0. The van der Waals surface area contributed by atoms with Crippen LogP contribution in [0.3, 0.4) is 0 Å². The summed E-state index contributed by atoms with van der Waals surface area (Å²) < 4.78 is 47.8. The predicted octanol–water partition coefficient (Wildman–Crippen LogP) is -0.723. The van der Waals surface area contributed by atoms with E-state index in [0.717, 1.165) is 22.5 Å². The number of ether oxygens (including phenoxy) is 2. The molecule has 0 saturated carbocycles. The molecule has 0 aliphatic heterocycles. The molecule has 0 atom stereocenters. The first kappa shape index (κ1) is 27.4. The molecule has 8 nitrogen and oxygen atoms in total. The molecule has 0 fully saturated rings. The minimum Gasteiger partial charge on any atom is -0.466 e. The first-order chi connectivity index (χ1) is 16.0. The molecule has 3 rings (SSSR count). The van der Waals surface area contributed by atoms with Gasteiger partial charge in [0.15, 0.2) is 17.9 Å². The van der Waals surface area contributed by atoms with Crippen molar-refractivity contribution in [1.29, 1.82) is 0 Å². The van der Waals surface area contributed by atoms with Crippen molar-refractivity contribution in [3.05, 3.63) is 101 Å². The molecule has 182 valence electrons. The van der Waals surface area contributed by atoms with Gasteiger partial charge in [-0.2, -0.15) is 4.57 Å². The fourth-order valence-corrected chi connectivity index (χ4v) is 3.89. The molecule has 2 aromatic carbocycles. The highest BCUT2D eigenvalue weighted by atomic mass is 35.7. The van der Waals surface area contributed by atoms with Crippen molar-refractivity contribution in [1.82, 2.24) is 0 Å². The van der Waals surface area contributed by atoms with Crippen LogP contribution < -0.4 is 23.2 Å². The van der Waals surface area contributed by atoms with Crippen LogP contribution in [0.5, 0.6) is 0 Å². The van der Waals surface area contributed by atoms with E-state index in [1.807, 2.05) is 60.7 Å². The van der Waals surface area contributed by atoms with Gasteiger partial charge in [0.1, 0.15) is 6.61 Å². The Kier molecular flexibility index (Phi) is 9.69. The molecular weight excluding hydrogens is 462 g/mol. The fourth-order valence-electron chi connectivity index (χ4n) is 3.89. The van der Waals surface area contributed by atoms with Gasteiger partial charge in [-0.15, -0.1) is 10.2 Å². The molecule has 0 aliphatic rings. The summed E-state index contributed by atoms with van der Waals surface area (Å²) in [5.41, 5.74) is 3.74. The van der Waals surface area contributed by atoms with Crippen LogP contribution >= 0.6 is 0 Å². The Morgan fingerprint density at radius 1 is 0.853 bits per heavy atom. The van der Waals surface area contributed by atoms with Crippen LogP contribution in [0.2, 0.25) is 0 Å². The summed E-state index contributed by atoms with van der Waals surface area (Å²) in [5, 5.41) is 0. The first-order valence-electron chi connectivity index (χ1n) is 10.4. The number of hydrogen-bond donors (Lipinski definition) is 0.